The van der Waals surface area contributed by atoms with Crippen molar-refractivity contribution in [1.29, 1.82) is 5.53 Å². The molecule has 0 fully saturated rings. The highest BCUT2D eigenvalue weighted by atomic mass is 28.3. The third-order valence-corrected chi connectivity index (χ3v) is 8.09. The first-order valence-corrected chi connectivity index (χ1v) is 17.1. The Morgan fingerprint density at radius 1 is 1.13 bits per heavy atom. The second-order valence-electron chi connectivity index (χ2n) is 10.1. The maximum Gasteiger partial charge on any atom is 0.425 e. The van der Waals surface area contributed by atoms with Gasteiger partial charge >= 0.3 is 6.18 Å². The number of halogens is 4. The molecule has 0 aliphatic heterocycles. The van der Waals surface area contributed by atoms with Gasteiger partial charge in [0.1, 0.15) is 13.7 Å². The van der Waals surface area contributed by atoms with Crippen LogP contribution in [0.3, 0.4) is 0 Å². The van der Waals surface area contributed by atoms with Crippen LogP contribution in [-0.4, -0.2) is 51.0 Å². The van der Waals surface area contributed by atoms with E-state index in [0.29, 0.717) is 0 Å². The lowest BCUT2D eigenvalue weighted by atomic mass is 10.2. The van der Waals surface area contributed by atoms with Crippen LogP contribution in [0.15, 0.2) is 28.3 Å². The summed E-state index contributed by atoms with van der Waals surface area (Å²) in [6.07, 6.45) is -4.97. The zero-order valence-electron chi connectivity index (χ0n) is 20.1. The molecule has 0 aromatic heterocycles. The van der Waals surface area contributed by atoms with Crippen LogP contribution in [0.5, 0.6) is 0 Å². The van der Waals surface area contributed by atoms with Crippen LogP contribution < -0.4 is 0 Å². The molecule has 0 saturated carbocycles. The average molecular weight is 471 g/mol. The minimum Gasteiger partial charge on any atom is -0.465 e. The second kappa shape index (κ2) is 9.84. The normalized spacial score (nSPS) is 16.0. The highest BCUT2D eigenvalue weighted by Crippen LogP contribution is 2.36. The summed E-state index contributed by atoms with van der Waals surface area (Å²) in [4.78, 5) is 1.31. The fourth-order valence-corrected chi connectivity index (χ4v) is 5.74. The summed E-state index contributed by atoms with van der Waals surface area (Å²) in [7, 11) is -2.47. The lowest BCUT2D eigenvalue weighted by molar-refractivity contribution is -0.213. The van der Waals surface area contributed by atoms with E-state index in [0.717, 1.165) is 12.2 Å². The molecule has 0 aliphatic carbocycles. The maximum atomic E-state index is 15.3. The van der Waals surface area contributed by atoms with Crippen molar-refractivity contribution >= 4 is 16.1 Å². The van der Waals surface area contributed by atoms with E-state index in [-0.39, 0.29) is 6.04 Å². The van der Waals surface area contributed by atoms with Gasteiger partial charge in [0.25, 0.3) is 0 Å². The van der Waals surface area contributed by atoms with E-state index in [1.807, 2.05) is 32.6 Å². The molecule has 0 aliphatic rings. The molecule has 1 N–H and O–H groups in total. The van der Waals surface area contributed by atoms with E-state index in [1.165, 1.54) is 17.0 Å². The molecule has 0 bridgehead atoms. The highest BCUT2D eigenvalue weighted by Gasteiger charge is 2.44. The van der Waals surface area contributed by atoms with E-state index in [2.05, 4.69) is 24.9 Å². The van der Waals surface area contributed by atoms with Gasteiger partial charge in [0.15, 0.2) is 11.9 Å². The van der Waals surface area contributed by atoms with Crippen molar-refractivity contribution in [1.82, 2.24) is 9.91 Å². The third-order valence-electron chi connectivity index (χ3n) is 4.68. The predicted octanol–water partition coefficient (Wildman–Crippen LogP) is 7.13. The molecule has 0 radical (unpaired) electrons. The number of allylic oxidation sites excluding steroid dienone is 2. The van der Waals surface area contributed by atoms with Gasteiger partial charge in [-0.3, -0.25) is 0 Å². The van der Waals surface area contributed by atoms with Crippen LogP contribution >= 0.6 is 0 Å². The highest BCUT2D eigenvalue weighted by molar-refractivity contribution is 6.82. The Bertz CT molecular complexity index is 665. The third kappa shape index (κ3) is 7.71. The Kier molecular flexibility index (Phi) is 9.39. The van der Waals surface area contributed by atoms with Crippen molar-refractivity contribution < 1.29 is 22.3 Å². The summed E-state index contributed by atoms with van der Waals surface area (Å²) in [5.74, 6) is -1.19. The van der Waals surface area contributed by atoms with Crippen molar-refractivity contribution in [3.63, 3.8) is 0 Å². The SMILES string of the molecule is C/C=C(\N(N=N)C(C)(C)N(C)/C(O[C@@H](C)C(F)(F)F)=C(/F)C[Si](C)(C)C)[Si](C)(C)C. The smallest absolute Gasteiger partial charge is 0.425 e. The van der Waals surface area contributed by atoms with Crippen molar-refractivity contribution in [3.8, 4) is 0 Å². The number of hydrogen-bond donors (Lipinski definition) is 1. The number of rotatable bonds is 10. The summed E-state index contributed by atoms with van der Waals surface area (Å²) in [6, 6.07) is 0.0375. The fraction of sp³-hybridized carbons (Fsp3) is 0.789. The van der Waals surface area contributed by atoms with Crippen LogP contribution in [0, 0.1) is 5.53 Å². The lowest BCUT2D eigenvalue weighted by Gasteiger charge is -2.47. The number of hydrogen-bond acceptors (Lipinski definition) is 4. The Morgan fingerprint density at radius 2 is 1.60 bits per heavy atom. The summed E-state index contributed by atoms with van der Waals surface area (Å²) in [6.45, 7) is 18.0. The first kappa shape index (κ1) is 28.6. The van der Waals surface area contributed by atoms with E-state index in [4.69, 9.17) is 10.3 Å². The van der Waals surface area contributed by atoms with Gasteiger partial charge in [0.05, 0.1) is 8.07 Å². The van der Waals surface area contributed by atoms with Crippen LogP contribution in [0.25, 0.3) is 0 Å². The van der Waals surface area contributed by atoms with E-state index < -0.39 is 45.8 Å². The first-order chi connectivity index (χ1) is 13.2. The molecular weight excluding hydrogens is 432 g/mol. The van der Waals surface area contributed by atoms with Gasteiger partial charge in [0, 0.05) is 12.4 Å². The standard InChI is InChI=1S/C19H38F4N4OSi2/c1-12-16(30(9,10)11)27(25-24)18(3,4)26(5)17(15(20)13-29(6,7)8)28-14(2)19(21,22)23/h12,14,24H,13H2,1-11H3/b16-12+,17-15-,25-24?/t14-/m0/s1. The van der Waals surface area contributed by atoms with Crippen molar-refractivity contribution in [2.45, 2.75) is 91.0 Å². The molecular formula is C19H38F4N4OSi2. The van der Waals surface area contributed by atoms with Gasteiger partial charge < -0.3 is 9.64 Å². The minimum atomic E-state index is -4.64. The van der Waals surface area contributed by atoms with Crippen molar-refractivity contribution in [3.05, 3.63) is 23.1 Å². The molecule has 1 atom stereocenters. The quantitative estimate of drug-likeness (QED) is 0.0923. The molecule has 176 valence electrons. The number of nitrogens with zero attached hydrogens (tertiary/aromatic N) is 3. The Labute approximate surface area is 180 Å². The largest absolute Gasteiger partial charge is 0.465 e. The number of ether oxygens (including phenoxy) is 1. The predicted molar refractivity (Wildman–Crippen MR) is 119 cm³/mol. The second-order valence-corrected chi connectivity index (χ2v) is 20.6. The van der Waals surface area contributed by atoms with Gasteiger partial charge in [-0.2, -0.15) is 18.7 Å². The Morgan fingerprint density at radius 3 is 1.90 bits per heavy atom. The molecule has 5 nitrogen and oxygen atoms in total. The first-order valence-electron chi connectivity index (χ1n) is 9.90. The monoisotopic (exact) mass is 470 g/mol. The van der Waals surface area contributed by atoms with Gasteiger partial charge in [-0.15, -0.1) is 0 Å². The summed E-state index contributed by atoms with van der Waals surface area (Å²) in [5, 5.41) is 5.90. The molecule has 0 saturated heterocycles. The van der Waals surface area contributed by atoms with Gasteiger partial charge in [-0.1, -0.05) is 50.6 Å². The molecule has 0 aromatic carbocycles. The summed E-state index contributed by atoms with van der Waals surface area (Å²) in [5.41, 5.74) is 6.59. The van der Waals surface area contributed by atoms with Crippen LogP contribution in [0.4, 0.5) is 17.6 Å². The van der Waals surface area contributed by atoms with E-state index in [1.54, 1.807) is 13.8 Å². The van der Waals surface area contributed by atoms with Gasteiger partial charge in [-0.25, -0.2) is 9.40 Å². The van der Waals surface area contributed by atoms with Crippen LogP contribution in [0.2, 0.25) is 45.3 Å². The molecule has 11 heteroatoms. The average Bonchev–Trinajstić information content (AvgIpc) is 2.52. The topological polar surface area (TPSA) is 51.9 Å². The lowest BCUT2D eigenvalue weighted by Crippen LogP contribution is -2.56. The number of nitrogens with one attached hydrogen (secondary N) is 1. The minimum absolute atomic E-state index is 0.0375. The molecule has 0 unspecified atom stereocenters. The molecule has 0 spiro atoms. The zero-order valence-corrected chi connectivity index (χ0v) is 22.1. The zero-order chi connectivity index (χ0) is 24.3. The molecule has 30 heavy (non-hydrogen) atoms. The van der Waals surface area contributed by atoms with Gasteiger partial charge in [0.2, 0.25) is 5.88 Å². The molecule has 0 aromatic rings. The molecule has 0 heterocycles. The Balaban J connectivity index is 6.46. The van der Waals surface area contributed by atoms with E-state index in [9.17, 15) is 13.2 Å². The van der Waals surface area contributed by atoms with Crippen LogP contribution in [0.1, 0.15) is 27.7 Å². The maximum absolute atomic E-state index is 15.3. The fourth-order valence-electron chi connectivity index (χ4n) is 2.84. The Hall–Kier alpha value is -1.37. The van der Waals surface area contributed by atoms with Gasteiger partial charge in [-0.05, 0) is 33.7 Å². The summed E-state index contributed by atoms with van der Waals surface area (Å²) < 4.78 is 60.0. The van der Waals surface area contributed by atoms with Crippen LogP contribution in [-0.2, 0) is 4.74 Å². The molecule has 0 rings (SSSR count). The number of alkyl halides is 3. The van der Waals surface area contributed by atoms with Crippen molar-refractivity contribution in [2.75, 3.05) is 7.05 Å². The van der Waals surface area contributed by atoms with E-state index >= 15 is 4.39 Å². The molecule has 0 amide bonds. The van der Waals surface area contributed by atoms with Crippen molar-refractivity contribution in [2.24, 2.45) is 5.22 Å². The summed E-state index contributed by atoms with van der Waals surface area (Å²) >= 11 is 0.